The van der Waals surface area contributed by atoms with Gasteiger partial charge in [0.15, 0.2) is 29.4 Å². The molecule has 0 bridgehead atoms. The number of amides is 1. The van der Waals surface area contributed by atoms with Gasteiger partial charge in [-0.3, -0.25) is 4.79 Å². The quantitative estimate of drug-likeness (QED) is 0.107. The highest BCUT2D eigenvalue weighted by Crippen LogP contribution is 2.33. The van der Waals surface area contributed by atoms with Crippen molar-refractivity contribution in [2.45, 2.75) is 19.4 Å². The molecule has 5 rings (SSSR count). The summed E-state index contributed by atoms with van der Waals surface area (Å²) in [6.07, 6.45) is -1.66. The number of nitrogens with one attached hydrogen (secondary N) is 1. The Labute approximate surface area is 254 Å². The molecular weight excluding hydrogens is 594 g/mol. The number of esters is 1. The first-order chi connectivity index (χ1) is 21.6. The Kier molecular flexibility index (Phi) is 8.93. The molecular formula is C33H25F4N3O5. The predicted octanol–water partition coefficient (Wildman–Crippen LogP) is 7.11. The van der Waals surface area contributed by atoms with E-state index in [0.717, 1.165) is 11.1 Å². The van der Waals surface area contributed by atoms with Crippen LogP contribution in [0.2, 0.25) is 0 Å². The summed E-state index contributed by atoms with van der Waals surface area (Å²) in [5.74, 6) is -7.80. The van der Waals surface area contributed by atoms with Gasteiger partial charge in [-0.25, -0.2) is 32.3 Å². The van der Waals surface area contributed by atoms with Crippen LogP contribution in [-0.2, 0) is 9.53 Å². The lowest BCUT2D eigenvalue weighted by Crippen LogP contribution is -2.33. The van der Waals surface area contributed by atoms with Gasteiger partial charge in [-0.15, -0.1) is 0 Å². The molecule has 0 aliphatic carbocycles. The number of methoxy groups -OCH3 is 2. The van der Waals surface area contributed by atoms with Crippen molar-refractivity contribution in [2.75, 3.05) is 19.5 Å². The zero-order valence-electron chi connectivity index (χ0n) is 24.2. The fourth-order valence-electron chi connectivity index (χ4n) is 4.49. The molecule has 45 heavy (non-hydrogen) atoms. The predicted molar refractivity (Wildman–Crippen MR) is 158 cm³/mol. The fraction of sp³-hybridized carbons (Fsp3) is 0.152. The Hall–Kier alpha value is -5.52. The normalized spacial score (nSPS) is 11.6. The third-order valence-electron chi connectivity index (χ3n) is 6.90. The second kappa shape index (κ2) is 13.0. The number of rotatable bonds is 9. The van der Waals surface area contributed by atoms with E-state index in [2.05, 4.69) is 0 Å². The van der Waals surface area contributed by atoms with Crippen LogP contribution >= 0.6 is 0 Å². The summed E-state index contributed by atoms with van der Waals surface area (Å²) in [6, 6.07) is 18.9. The average Bonchev–Trinajstić information content (AvgIpc) is 3.07. The number of hydrogen-bond acceptors (Lipinski definition) is 7. The van der Waals surface area contributed by atoms with Crippen LogP contribution in [0, 0.1) is 23.3 Å². The van der Waals surface area contributed by atoms with Gasteiger partial charge in [0.2, 0.25) is 0 Å². The van der Waals surface area contributed by atoms with Crippen LogP contribution in [0.15, 0.2) is 72.8 Å². The maximum absolute atomic E-state index is 14.1. The Morgan fingerprint density at radius 1 is 0.733 bits per heavy atom. The van der Waals surface area contributed by atoms with E-state index in [9.17, 15) is 27.2 Å². The molecule has 1 atom stereocenters. The number of fused-ring (bicyclic) bond motifs is 1. The highest BCUT2D eigenvalue weighted by Gasteiger charge is 2.27. The standard InChI is InChI=1S/C33H25F4N3O5/c1-4-26(32(41)40-31-27(36)22(34)16-23(35)28(31)37)45-33(42)19-9-14-24-25(15-19)39-30(18-7-12-21(44-3)13-8-18)29(38-24)17-5-10-20(43-2)11-6-17/h5-16,26H,4H2,1-3H3,(H,40,41). The largest absolute Gasteiger partial charge is 0.497 e. The second-order valence-electron chi connectivity index (χ2n) is 9.72. The van der Waals surface area contributed by atoms with Gasteiger partial charge in [-0.1, -0.05) is 6.92 Å². The van der Waals surface area contributed by atoms with Gasteiger partial charge in [0.1, 0.15) is 17.2 Å². The molecule has 1 N–H and O–H groups in total. The lowest BCUT2D eigenvalue weighted by atomic mass is 10.0. The van der Waals surface area contributed by atoms with E-state index < -0.39 is 46.9 Å². The molecule has 4 aromatic carbocycles. The van der Waals surface area contributed by atoms with E-state index in [4.69, 9.17) is 24.2 Å². The monoisotopic (exact) mass is 619 g/mol. The van der Waals surface area contributed by atoms with Gasteiger partial charge in [0.25, 0.3) is 5.91 Å². The Balaban J connectivity index is 1.47. The van der Waals surface area contributed by atoms with Gasteiger partial charge in [-0.05, 0) is 73.2 Å². The lowest BCUT2D eigenvalue weighted by molar-refractivity contribution is -0.124. The van der Waals surface area contributed by atoms with Gasteiger partial charge < -0.3 is 19.5 Å². The van der Waals surface area contributed by atoms with Crippen LogP contribution in [0.5, 0.6) is 11.5 Å². The first-order valence-electron chi connectivity index (χ1n) is 13.6. The summed E-state index contributed by atoms with van der Waals surface area (Å²) in [4.78, 5) is 35.4. The van der Waals surface area contributed by atoms with Crippen molar-refractivity contribution in [1.29, 1.82) is 0 Å². The number of ether oxygens (including phenoxy) is 3. The van der Waals surface area contributed by atoms with E-state index >= 15 is 0 Å². The number of halogens is 4. The smallest absolute Gasteiger partial charge is 0.338 e. The highest BCUT2D eigenvalue weighted by molar-refractivity contribution is 5.99. The summed E-state index contributed by atoms with van der Waals surface area (Å²) >= 11 is 0. The number of hydrogen-bond donors (Lipinski definition) is 1. The maximum atomic E-state index is 14.1. The SMILES string of the molecule is CCC(OC(=O)c1ccc2nc(-c3ccc(OC)cc3)c(-c3ccc(OC)cc3)nc2c1)C(=O)Nc1c(F)c(F)cc(F)c1F. The van der Waals surface area contributed by atoms with E-state index in [1.165, 1.54) is 19.1 Å². The molecule has 0 spiro atoms. The number of nitrogens with zero attached hydrogens (tertiary/aromatic N) is 2. The summed E-state index contributed by atoms with van der Waals surface area (Å²) in [5.41, 5.74) is 2.05. The molecule has 8 nitrogen and oxygen atoms in total. The van der Waals surface area contributed by atoms with Crippen molar-refractivity contribution in [1.82, 2.24) is 9.97 Å². The van der Waals surface area contributed by atoms with Gasteiger partial charge in [0, 0.05) is 17.2 Å². The molecule has 1 unspecified atom stereocenters. The van der Waals surface area contributed by atoms with Crippen molar-refractivity contribution >= 4 is 28.6 Å². The van der Waals surface area contributed by atoms with Crippen molar-refractivity contribution in [3.63, 3.8) is 0 Å². The third kappa shape index (κ3) is 6.40. The van der Waals surface area contributed by atoms with Crippen molar-refractivity contribution < 1.29 is 41.4 Å². The molecule has 1 amide bonds. The van der Waals surface area contributed by atoms with Crippen LogP contribution in [0.1, 0.15) is 23.7 Å². The van der Waals surface area contributed by atoms with Crippen molar-refractivity contribution in [2.24, 2.45) is 0 Å². The molecule has 0 radical (unpaired) electrons. The minimum atomic E-state index is -1.79. The molecule has 230 valence electrons. The second-order valence-corrected chi connectivity index (χ2v) is 9.72. The molecule has 0 aliphatic heterocycles. The van der Waals surface area contributed by atoms with Crippen molar-refractivity contribution in [3.05, 3.63) is 102 Å². The molecule has 0 saturated heterocycles. The molecule has 12 heteroatoms. The summed E-state index contributed by atoms with van der Waals surface area (Å²) < 4.78 is 71.2. The Bertz CT molecular complexity index is 1870. The van der Waals surface area contributed by atoms with E-state index in [1.807, 2.05) is 24.3 Å². The maximum Gasteiger partial charge on any atom is 0.338 e. The highest BCUT2D eigenvalue weighted by atomic mass is 19.2. The zero-order chi connectivity index (χ0) is 32.2. The minimum Gasteiger partial charge on any atom is -0.497 e. The third-order valence-corrected chi connectivity index (χ3v) is 6.90. The Morgan fingerprint density at radius 2 is 1.24 bits per heavy atom. The Morgan fingerprint density at radius 3 is 1.73 bits per heavy atom. The van der Waals surface area contributed by atoms with Crippen LogP contribution in [0.25, 0.3) is 33.5 Å². The zero-order valence-corrected chi connectivity index (χ0v) is 24.2. The molecule has 0 aliphatic rings. The molecule has 1 aromatic heterocycles. The van der Waals surface area contributed by atoms with Crippen LogP contribution in [-0.4, -0.2) is 42.2 Å². The van der Waals surface area contributed by atoms with Crippen LogP contribution in [0.3, 0.4) is 0 Å². The molecule has 0 fully saturated rings. The van der Waals surface area contributed by atoms with E-state index in [1.54, 1.807) is 49.9 Å². The summed E-state index contributed by atoms with van der Waals surface area (Å²) in [6.45, 7) is 1.48. The topological polar surface area (TPSA) is 99.6 Å². The number of carbonyl (C=O) groups is 2. The first kappa shape index (κ1) is 30.9. The average molecular weight is 620 g/mol. The summed E-state index contributed by atoms with van der Waals surface area (Å²) in [7, 11) is 3.12. The molecule has 0 saturated carbocycles. The number of aromatic nitrogens is 2. The number of carbonyl (C=O) groups excluding carboxylic acids is 2. The number of benzene rings is 4. The van der Waals surface area contributed by atoms with Gasteiger partial charge in [0.05, 0.1) is 42.2 Å². The van der Waals surface area contributed by atoms with E-state index in [-0.39, 0.29) is 18.1 Å². The van der Waals surface area contributed by atoms with Crippen LogP contribution < -0.4 is 14.8 Å². The van der Waals surface area contributed by atoms with Crippen molar-refractivity contribution in [3.8, 4) is 34.0 Å². The van der Waals surface area contributed by atoms with Crippen LogP contribution in [0.4, 0.5) is 23.2 Å². The molecule has 5 aromatic rings. The van der Waals surface area contributed by atoms with Gasteiger partial charge in [-0.2, -0.15) is 0 Å². The number of anilines is 1. The molecule has 1 heterocycles. The fourth-order valence-corrected chi connectivity index (χ4v) is 4.49. The van der Waals surface area contributed by atoms with Gasteiger partial charge >= 0.3 is 5.97 Å². The lowest BCUT2D eigenvalue weighted by Gasteiger charge is -2.17. The summed E-state index contributed by atoms with van der Waals surface area (Å²) in [5, 5.41) is 1.78. The first-order valence-corrected chi connectivity index (χ1v) is 13.6. The minimum absolute atomic E-state index is 0.00934. The van der Waals surface area contributed by atoms with E-state index in [0.29, 0.717) is 33.9 Å².